The van der Waals surface area contributed by atoms with Gasteiger partial charge in [-0.1, -0.05) is 30.3 Å². The van der Waals surface area contributed by atoms with Crippen molar-refractivity contribution in [2.24, 2.45) is 5.41 Å². The van der Waals surface area contributed by atoms with Crippen LogP contribution in [0.1, 0.15) is 32.6 Å². The van der Waals surface area contributed by atoms with Crippen molar-refractivity contribution in [1.82, 2.24) is 0 Å². The first-order valence-electron chi connectivity index (χ1n) is 9.84. The van der Waals surface area contributed by atoms with Gasteiger partial charge in [0.15, 0.2) is 24.8 Å². The highest BCUT2D eigenvalue weighted by molar-refractivity contribution is 6.20. The fourth-order valence-corrected chi connectivity index (χ4v) is 3.29. The van der Waals surface area contributed by atoms with Gasteiger partial charge in [-0.15, -0.1) is 0 Å². The Balaban J connectivity index is 1.92. The summed E-state index contributed by atoms with van der Waals surface area (Å²) in [6.07, 6.45) is -4.87. The molecule has 0 N–H and O–H groups in total. The number of hydrogen-bond donors (Lipinski definition) is 0. The van der Waals surface area contributed by atoms with Crippen LogP contribution in [0.5, 0.6) is 0 Å². The Morgan fingerprint density at radius 2 is 1.84 bits per heavy atom. The van der Waals surface area contributed by atoms with E-state index >= 15 is 0 Å². The van der Waals surface area contributed by atoms with Crippen LogP contribution in [-0.2, 0) is 38.0 Å². The summed E-state index contributed by atoms with van der Waals surface area (Å²) >= 11 is 0. The fourth-order valence-electron chi connectivity index (χ4n) is 3.29. The molecule has 1 aromatic carbocycles. The van der Waals surface area contributed by atoms with Crippen molar-refractivity contribution in [3.8, 4) is 0 Å². The molecule has 1 aromatic rings. The third-order valence-corrected chi connectivity index (χ3v) is 4.86. The number of rotatable bonds is 5. The molecule has 2 fully saturated rings. The molecule has 0 aliphatic carbocycles. The molecule has 2 aliphatic heterocycles. The third kappa shape index (κ3) is 5.36. The molecule has 168 valence electrons. The number of methoxy groups -OCH3 is 1. The third-order valence-electron chi connectivity index (χ3n) is 4.86. The summed E-state index contributed by atoms with van der Waals surface area (Å²) in [6.45, 7) is 5.26. The Labute approximate surface area is 179 Å². The lowest BCUT2D eigenvalue weighted by Gasteiger charge is -2.48. The Bertz CT molecular complexity index is 834. The van der Waals surface area contributed by atoms with E-state index in [2.05, 4.69) is 4.79 Å². The van der Waals surface area contributed by atoms with Crippen molar-refractivity contribution < 1.29 is 42.8 Å². The molecule has 0 bridgehead atoms. The second kappa shape index (κ2) is 9.67. The number of benzene rings is 1. The molecule has 0 spiro atoms. The maximum absolute atomic E-state index is 12.7. The summed E-state index contributed by atoms with van der Waals surface area (Å²) in [5, 5.41) is 0. The van der Waals surface area contributed by atoms with Crippen LogP contribution < -0.4 is 0 Å². The minimum Gasteiger partial charge on any atom is -0.455 e. The Kier molecular flexibility index (Phi) is 7.19. The monoisotopic (exact) mass is 434 g/mol. The van der Waals surface area contributed by atoms with Crippen LogP contribution in [0.2, 0.25) is 0 Å². The second-order valence-electron chi connectivity index (χ2n) is 8.22. The largest absolute Gasteiger partial charge is 0.455 e. The van der Waals surface area contributed by atoms with E-state index < -0.39 is 54.3 Å². The van der Waals surface area contributed by atoms with Gasteiger partial charge in [0, 0.05) is 12.7 Å². The van der Waals surface area contributed by atoms with E-state index in [0.29, 0.717) is 6.21 Å². The smallest absolute Gasteiger partial charge is 0.414 e. The summed E-state index contributed by atoms with van der Waals surface area (Å²) in [7, 11) is 1.37. The fraction of sp³-hybridized carbons (Fsp3) is 0.571. The standard InChI is InChI=1S/C21H26N2O8/c1-21(2,3)20(25)31-16-15-13(11-27-18(30-15)12-8-6-5-7-9-12)28-19(26-4)17(16)29-14(24)10-23-22/h5-10,13,15-19H,11H2,1-4H3/t13?,15-,16?,17?,18?,19-/m1/s1. The number of fused-ring (bicyclic) bond motifs is 1. The predicted octanol–water partition coefficient (Wildman–Crippen LogP) is 1.64. The zero-order valence-electron chi connectivity index (χ0n) is 17.8. The minimum absolute atomic E-state index is 0.145. The molecule has 0 aromatic heterocycles. The first-order valence-corrected chi connectivity index (χ1v) is 9.84. The zero-order valence-corrected chi connectivity index (χ0v) is 17.8. The van der Waals surface area contributed by atoms with Gasteiger partial charge in [0.25, 0.3) is 0 Å². The van der Waals surface area contributed by atoms with Crippen molar-refractivity contribution >= 4 is 18.2 Å². The summed E-state index contributed by atoms with van der Waals surface area (Å²) in [6, 6.07) is 9.26. The van der Waals surface area contributed by atoms with Crippen LogP contribution in [0.4, 0.5) is 0 Å². The van der Waals surface area contributed by atoms with Crippen LogP contribution in [0.25, 0.3) is 5.53 Å². The Morgan fingerprint density at radius 1 is 1.13 bits per heavy atom. The molecule has 4 unspecified atom stereocenters. The molecule has 0 saturated carbocycles. The molecule has 0 amide bonds. The van der Waals surface area contributed by atoms with E-state index in [4.69, 9.17) is 34.0 Å². The molecule has 10 heteroatoms. The quantitative estimate of drug-likeness (QED) is 0.296. The van der Waals surface area contributed by atoms with Gasteiger partial charge in [0.05, 0.1) is 12.0 Å². The van der Waals surface area contributed by atoms with Gasteiger partial charge in [-0.3, -0.25) is 4.79 Å². The average Bonchev–Trinajstić information content (AvgIpc) is 2.74. The lowest BCUT2D eigenvalue weighted by Crippen LogP contribution is -2.64. The van der Waals surface area contributed by atoms with Crippen LogP contribution in [0.3, 0.4) is 0 Å². The molecule has 10 nitrogen and oxygen atoms in total. The minimum atomic E-state index is -1.17. The summed E-state index contributed by atoms with van der Waals surface area (Å²) in [5.41, 5.74) is 8.59. The molecule has 2 aliphatic rings. The van der Waals surface area contributed by atoms with Crippen molar-refractivity contribution in [1.29, 1.82) is 0 Å². The van der Waals surface area contributed by atoms with Gasteiger partial charge in [-0.25, -0.2) is 4.79 Å². The van der Waals surface area contributed by atoms with E-state index in [1.54, 1.807) is 20.8 Å². The Hall–Kier alpha value is -2.62. The first kappa shape index (κ1) is 23.1. The van der Waals surface area contributed by atoms with E-state index in [0.717, 1.165) is 5.56 Å². The Morgan fingerprint density at radius 3 is 2.45 bits per heavy atom. The summed E-state index contributed by atoms with van der Waals surface area (Å²) in [5.74, 6) is -1.48. The van der Waals surface area contributed by atoms with Gasteiger partial charge in [-0.05, 0) is 20.8 Å². The molecule has 0 radical (unpaired) electrons. The van der Waals surface area contributed by atoms with Gasteiger partial charge >= 0.3 is 18.2 Å². The summed E-state index contributed by atoms with van der Waals surface area (Å²) < 4.78 is 34.2. The lowest BCUT2D eigenvalue weighted by molar-refractivity contribution is -0.359. The predicted molar refractivity (Wildman–Crippen MR) is 105 cm³/mol. The molecule has 6 atom stereocenters. The molecule has 2 saturated heterocycles. The van der Waals surface area contributed by atoms with Crippen LogP contribution >= 0.6 is 0 Å². The zero-order chi connectivity index (χ0) is 22.6. The second-order valence-corrected chi connectivity index (χ2v) is 8.22. The first-order chi connectivity index (χ1) is 14.7. The van der Waals surface area contributed by atoms with Gasteiger partial charge in [-0.2, -0.15) is 4.79 Å². The molecule has 2 heterocycles. The highest BCUT2D eigenvalue weighted by Crippen LogP contribution is 2.37. The SMILES string of the molecule is CO[C@@H]1OC2COC(c3ccccc3)O[C@H]2C(OC(=O)C(C)(C)C)C1OC(=O)C=[N+]=[N-]. The maximum Gasteiger partial charge on any atom is 0.414 e. The van der Waals surface area contributed by atoms with Crippen LogP contribution in [-0.4, -0.2) is 67.4 Å². The van der Waals surface area contributed by atoms with E-state index in [1.165, 1.54) is 7.11 Å². The maximum atomic E-state index is 12.7. The van der Waals surface area contributed by atoms with Crippen molar-refractivity contribution in [2.45, 2.75) is 57.8 Å². The molecular weight excluding hydrogens is 408 g/mol. The van der Waals surface area contributed by atoms with E-state index in [1.807, 2.05) is 30.3 Å². The van der Waals surface area contributed by atoms with Gasteiger partial charge in [0.1, 0.15) is 12.2 Å². The van der Waals surface area contributed by atoms with E-state index in [9.17, 15) is 9.59 Å². The van der Waals surface area contributed by atoms with Gasteiger partial charge in [0.2, 0.25) is 0 Å². The topological polar surface area (TPSA) is 126 Å². The van der Waals surface area contributed by atoms with Gasteiger partial charge < -0.3 is 34.0 Å². The number of carbonyl (C=O) groups is 2. The van der Waals surface area contributed by atoms with Crippen LogP contribution in [0, 0.1) is 5.41 Å². The number of nitrogens with zero attached hydrogens (tertiary/aromatic N) is 2. The lowest BCUT2D eigenvalue weighted by atomic mass is 9.94. The molecule has 3 rings (SSSR count). The number of carbonyl (C=O) groups excluding carboxylic acids is 2. The number of esters is 2. The number of hydrogen-bond acceptors (Lipinski definition) is 8. The molecular formula is C21H26N2O8. The van der Waals surface area contributed by atoms with E-state index in [-0.39, 0.29) is 6.61 Å². The summed E-state index contributed by atoms with van der Waals surface area (Å²) in [4.78, 5) is 27.4. The van der Waals surface area contributed by atoms with Crippen molar-refractivity contribution in [3.63, 3.8) is 0 Å². The molecule has 31 heavy (non-hydrogen) atoms. The highest BCUT2D eigenvalue weighted by atomic mass is 16.8. The average molecular weight is 434 g/mol. The normalized spacial score (nSPS) is 30.5. The highest BCUT2D eigenvalue weighted by Gasteiger charge is 2.54. The van der Waals surface area contributed by atoms with Crippen molar-refractivity contribution in [2.75, 3.05) is 13.7 Å². The van der Waals surface area contributed by atoms with Crippen LogP contribution in [0.15, 0.2) is 30.3 Å². The van der Waals surface area contributed by atoms with Crippen molar-refractivity contribution in [3.05, 3.63) is 41.4 Å². The number of ether oxygens (including phenoxy) is 6.